The van der Waals surface area contributed by atoms with Crippen LogP contribution in [-0.2, 0) is 11.2 Å². The summed E-state index contributed by atoms with van der Waals surface area (Å²) in [7, 11) is 1.66. The molecule has 138 valence electrons. The van der Waals surface area contributed by atoms with Crippen LogP contribution in [0.2, 0.25) is 0 Å². The normalized spacial score (nSPS) is 23.0. The minimum Gasteiger partial charge on any atom is -0.497 e. The van der Waals surface area contributed by atoms with Crippen molar-refractivity contribution in [1.29, 1.82) is 0 Å². The van der Waals surface area contributed by atoms with Gasteiger partial charge in [-0.15, -0.1) is 0 Å². The van der Waals surface area contributed by atoms with Crippen molar-refractivity contribution in [3.8, 4) is 5.75 Å². The van der Waals surface area contributed by atoms with Crippen molar-refractivity contribution in [1.82, 2.24) is 10.2 Å². The van der Waals surface area contributed by atoms with Gasteiger partial charge in [0.05, 0.1) is 13.5 Å². The van der Waals surface area contributed by atoms with E-state index < -0.39 is 0 Å². The van der Waals surface area contributed by atoms with E-state index in [0.29, 0.717) is 12.5 Å². The van der Waals surface area contributed by atoms with Crippen LogP contribution in [0.3, 0.4) is 0 Å². The number of piperidine rings is 1. The highest BCUT2D eigenvalue weighted by Gasteiger charge is 2.27. The molecule has 1 amide bonds. The third kappa shape index (κ3) is 5.46. The van der Waals surface area contributed by atoms with Gasteiger partial charge in [-0.25, -0.2) is 0 Å². The van der Waals surface area contributed by atoms with E-state index in [2.05, 4.69) is 10.2 Å². The van der Waals surface area contributed by atoms with E-state index in [1.165, 1.54) is 51.5 Å². The number of carbonyl (C=O) groups excluding carboxylic acids is 1. The van der Waals surface area contributed by atoms with Crippen LogP contribution in [0.15, 0.2) is 24.3 Å². The van der Waals surface area contributed by atoms with Gasteiger partial charge in [0.1, 0.15) is 5.75 Å². The highest BCUT2D eigenvalue weighted by molar-refractivity contribution is 5.78. The summed E-state index contributed by atoms with van der Waals surface area (Å²) in [5.41, 5.74) is 1.04. The van der Waals surface area contributed by atoms with Crippen LogP contribution in [0.4, 0.5) is 0 Å². The van der Waals surface area contributed by atoms with E-state index in [1.807, 2.05) is 24.3 Å². The Labute approximate surface area is 151 Å². The van der Waals surface area contributed by atoms with Crippen molar-refractivity contribution >= 4 is 5.91 Å². The van der Waals surface area contributed by atoms with E-state index in [-0.39, 0.29) is 5.91 Å². The van der Waals surface area contributed by atoms with Crippen LogP contribution in [0.25, 0.3) is 0 Å². The number of amides is 1. The summed E-state index contributed by atoms with van der Waals surface area (Å²) < 4.78 is 5.17. The van der Waals surface area contributed by atoms with E-state index >= 15 is 0 Å². The standard InChI is InChI=1S/C21H32N2O2/c1-25-20-12-10-17(11-13-20)15-21(24)22-18-7-6-14-23(16-18)19-8-4-2-3-5-9-19/h10-13,18-19H,2-9,14-16H2,1H3,(H,22,24)/t18-/m1/s1. The Hall–Kier alpha value is -1.55. The zero-order valence-electron chi connectivity index (χ0n) is 15.5. The Balaban J connectivity index is 1.48. The maximum Gasteiger partial charge on any atom is 0.224 e. The zero-order valence-corrected chi connectivity index (χ0v) is 15.5. The van der Waals surface area contributed by atoms with Gasteiger partial charge in [0.15, 0.2) is 0 Å². The molecule has 1 N–H and O–H groups in total. The maximum absolute atomic E-state index is 12.4. The molecule has 0 unspecified atom stereocenters. The first kappa shape index (κ1) is 18.2. The van der Waals surface area contributed by atoms with Gasteiger partial charge in [0.25, 0.3) is 0 Å². The maximum atomic E-state index is 12.4. The Morgan fingerprint density at radius 3 is 2.48 bits per heavy atom. The van der Waals surface area contributed by atoms with Crippen LogP contribution in [0.5, 0.6) is 5.75 Å². The Morgan fingerprint density at radius 1 is 1.08 bits per heavy atom. The lowest BCUT2D eigenvalue weighted by Gasteiger charge is -2.38. The van der Waals surface area contributed by atoms with Gasteiger partial charge in [0.2, 0.25) is 5.91 Å². The fourth-order valence-corrected chi connectivity index (χ4v) is 4.29. The lowest BCUT2D eigenvalue weighted by Crippen LogP contribution is -2.51. The monoisotopic (exact) mass is 344 g/mol. The highest BCUT2D eigenvalue weighted by atomic mass is 16.5. The minimum atomic E-state index is 0.137. The van der Waals surface area contributed by atoms with Crippen LogP contribution in [0, 0.1) is 0 Å². The average Bonchev–Trinajstić information content (AvgIpc) is 2.92. The zero-order chi connectivity index (χ0) is 17.5. The van der Waals surface area contributed by atoms with E-state index in [9.17, 15) is 4.79 Å². The third-order valence-corrected chi connectivity index (χ3v) is 5.68. The minimum absolute atomic E-state index is 0.137. The summed E-state index contributed by atoms with van der Waals surface area (Å²) in [5.74, 6) is 0.966. The van der Waals surface area contributed by atoms with E-state index in [1.54, 1.807) is 7.11 Å². The molecule has 0 radical (unpaired) electrons. The Morgan fingerprint density at radius 2 is 1.80 bits per heavy atom. The predicted octanol–water partition coefficient (Wildman–Crippen LogP) is 3.54. The molecule has 0 spiro atoms. The van der Waals surface area contributed by atoms with Crippen molar-refractivity contribution in [3.63, 3.8) is 0 Å². The van der Waals surface area contributed by atoms with Gasteiger partial charge in [0, 0.05) is 18.6 Å². The molecule has 1 aromatic carbocycles. The number of hydrogen-bond acceptors (Lipinski definition) is 3. The fourth-order valence-electron chi connectivity index (χ4n) is 4.29. The summed E-state index contributed by atoms with van der Waals surface area (Å²) in [6.07, 6.45) is 11.0. The molecule has 2 fully saturated rings. The fraction of sp³-hybridized carbons (Fsp3) is 0.667. The number of nitrogens with one attached hydrogen (secondary N) is 1. The van der Waals surface area contributed by atoms with E-state index in [4.69, 9.17) is 4.74 Å². The third-order valence-electron chi connectivity index (χ3n) is 5.68. The number of ether oxygens (including phenoxy) is 1. The first-order valence-electron chi connectivity index (χ1n) is 9.91. The molecule has 0 bridgehead atoms. The average molecular weight is 344 g/mol. The van der Waals surface area contributed by atoms with Crippen molar-refractivity contribution in [2.75, 3.05) is 20.2 Å². The number of methoxy groups -OCH3 is 1. The largest absolute Gasteiger partial charge is 0.497 e. The SMILES string of the molecule is COc1ccc(CC(=O)N[C@@H]2CCCN(C3CCCCCC3)C2)cc1. The molecule has 1 aromatic rings. The molecular formula is C21H32N2O2. The molecule has 3 rings (SSSR count). The van der Waals surface area contributed by atoms with Gasteiger partial charge in [-0.1, -0.05) is 37.8 Å². The summed E-state index contributed by atoms with van der Waals surface area (Å²) >= 11 is 0. The molecule has 1 heterocycles. The summed E-state index contributed by atoms with van der Waals surface area (Å²) in [6.45, 7) is 2.23. The molecular weight excluding hydrogens is 312 g/mol. The second-order valence-corrected chi connectivity index (χ2v) is 7.57. The molecule has 1 aliphatic carbocycles. The highest BCUT2D eigenvalue weighted by Crippen LogP contribution is 2.24. The number of likely N-dealkylation sites (tertiary alicyclic amines) is 1. The Kier molecular flexibility index (Phi) is 6.74. The lowest BCUT2D eigenvalue weighted by molar-refractivity contribution is -0.121. The van der Waals surface area contributed by atoms with E-state index in [0.717, 1.165) is 30.3 Å². The number of benzene rings is 1. The predicted molar refractivity (Wildman–Crippen MR) is 101 cm³/mol. The summed E-state index contributed by atoms with van der Waals surface area (Å²) in [6, 6.07) is 8.81. The van der Waals surface area contributed by atoms with Crippen molar-refractivity contribution in [2.24, 2.45) is 0 Å². The molecule has 0 aromatic heterocycles. The molecule has 1 saturated heterocycles. The van der Waals surface area contributed by atoms with Gasteiger partial charge in [-0.3, -0.25) is 9.69 Å². The van der Waals surface area contributed by atoms with Gasteiger partial charge < -0.3 is 10.1 Å². The van der Waals surface area contributed by atoms with Gasteiger partial charge >= 0.3 is 0 Å². The summed E-state index contributed by atoms with van der Waals surface area (Å²) in [5, 5.41) is 3.27. The molecule has 25 heavy (non-hydrogen) atoms. The quantitative estimate of drug-likeness (QED) is 0.831. The van der Waals surface area contributed by atoms with Crippen molar-refractivity contribution < 1.29 is 9.53 Å². The molecule has 1 saturated carbocycles. The number of carbonyl (C=O) groups is 1. The van der Waals surface area contributed by atoms with Crippen LogP contribution >= 0.6 is 0 Å². The smallest absolute Gasteiger partial charge is 0.224 e. The molecule has 1 aliphatic heterocycles. The Bertz CT molecular complexity index is 535. The van der Waals surface area contributed by atoms with Crippen molar-refractivity contribution in [2.45, 2.75) is 69.9 Å². The molecule has 1 atom stereocenters. The molecule has 2 aliphatic rings. The topological polar surface area (TPSA) is 41.6 Å². The molecule has 4 nitrogen and oxygen atoms in total. The van der Waals surface area contributed by atoms with Crippen LogP contribution in [-0.4, -0.2) is 43.1 Å². The number of nitrogens with zero attached hydrogens (tertiary/aromatic N) is 1. The van der Waals surface area contributed by atoms with Crippen LogP contribution in [0.1, 0.15) is 56.9 Å². The second kappa shape index (κ2) is 9.23. The van der Waals surface area contributed by atoms with Crippen LogP contribution < -0.4 is 10.1 Å². The first-order chi connectivity index (χ1) is 12.2. The number of rotatable bonds is 5. The van der Waals surface area contributed by atoms with Gasteiger partial charge in [-0.2, -0.15) is 0 Å². The number of hydrogen-bond donors (Lipinski definition) is 1. The second-order valence-electron chi connectivity index (χ2n) is 7.57. The summed E-state index contributed by atoms with van der Waals surface area (Å²) in [4.78, 5) is 15.1. The molecule has 4 heteroatoms. The van der Waals surface area contributed by atoms with Gasteiger partial charge in [-0.05, 0) is 49.9 Å². The lowest BCUT2D eigenvalue weighted by atomic mass is 9.99. The van der Waals surface area contributed by atoms with Crippen molar-refractivity contribution in [3.05, 3.63) is 29.8 Å². The first-order valence-corrected chi connectivity index (χ1v) is 9.91.